The van der Waals surface area contributed by atoms with Gasteiger partial charge in [-0.3, -0.25) is 0 Å². The van der Waals surface area contributed by atoms with Crippen LogP contribution in [0.5, 0.6) is 0 Å². The van der Waals surface area contributed by atoms with Crippen LogP contribution in [0.15, 0.2) is 11.3 Å². The first kappa shape index (κ1) is 33.2. The Morgan fingerprint density at radius 3 is 1.55 bits per heavy atom. The highest BCUT2D eigenvalue weighted by Gasteiger charge is 2.56. The third-order valence-electron chi connectivity index (χ3n) is 7.39. The minimum Gasteiger partial charge on any atom is -0.546 e. The Kier molecular flexibility index (Phi) is 11.1. The van der Waals surface area contributed by atoms with Crippen molar-refractivity contribution in [2.45, 2.75) is 98.9 Å². The van der Waals surface area contributed by atoms with Gasteiger partial charge in [-0.2, -0.15) is 0 Å². The molecule has 0 rings (SSSR count). The topological polar surface area (TPSA) is 83.5 Å². The van der Waals surface area contributed by atoms with Gasteiger partial charge in [0.15, 0.2) is 35.1 Å². The molecular weight excluding hydrogens is 521 g/mol. The summed E-state index contributed by atoms with van der Waals surface area (Å²) in [6, 6.07) is 0. The van der Waals surface area contributed by atoms with Crippen LogP contribution in [-0.4, -0.2) is 78.6 Å². The summed E-state index contributed by atoms with van der Waals surface area (Å²) in [5.74, 6) is -2.51. The van der Waals surface area contributed by atoms with E-state index in [0.29, 0.717) is 16.2 Å². The van der Waals surface area contributed by atoms with Gasteiger partial charge in [0.05, 0.1) is 13.2 Å². The molecule has 1 unspecified atom stereocenters. The molecule has 196 valence electrons. The van der Waals surface area contributed by atoms with Crippen LogP contribution in [-0.2, 0) is 26.9 Å². The van der Waals surface area contributed by atoms with Gasteiger partial charge in [-0.1, -0.05) is 53.9 Å². The number of allylic oxidation sites excluding steroid dienone is 1. The van der Waals surface area contributed by atoms with E-state index in [2.05, 4.69) is 59.7 Å². The summed E-state index contributed by atoms with van der Waals surface area (Å²) in [5.41, 5.74) is -1.82. The van der Waals surface area contributed by atoms with Crippen LogP contribution in [0.4, 0.5) is 0 Å². The lowest BCUT2D eigenvalue weighted by Gasteiger charge is -2.53. The average molecular weight is 571 g/mol. The van der Waals surface area contributed by atoms with Crippen LogP contribution in [0.1, 0.15) is 41.5 Å². The van der Waals surface area contributed by atoms with E-state index < -0.39 is 52.8 Å². The van der Waals surface area contributed by atoms with Crippen molar-refractivity contribution < 1.29 is 32.0 Å². The first-order chi connectivity index (χ1) is 14.5. The number of hydrogen-bond donors (Lipinski definition) is 1. The molecule has 0 amide bonds. The van der Waals surface area contributed by atoms with Crippen molar-refractivity contribution in [1.82, 2.24) is 0 Å². The molecule has 0 saturated heterocycles. The number of carboxylic acids is 1. The molecule has 33 heavy (non-hydrogen) atoms. The van der Waals surface area contributed by atoms with E-state index in [-0.39, 0.29) is 26.5 Å². The second-order valence-electron chi connectivity index (χ2n) is 12.3. The molecule has 13 heteroatoms. The quantitative estimate of drug-likeness (QED) is 0.155. The molecule has 0 aromatic heterocycles. The molecule has 0 heterocycles. The lowest BCUT2D eigenvalue weighted by Crippen LogP contribution is -2.56. The molecule has 0 aromatic rings. The van der Waals surface area contributed by atoms with E-state index in [1.165, 1.54) is 0 Å². The van der Waals surface area contributed by atoms with Gasteiger partial charge < -0.3 is 27.2 Å². The number of aliphatic carboxylic acids is 1. The lowest BCUT2D eigenvalue weighted by atomic mass is 9.58. The minimum absolute atomic E-state index is 0.0604. The third kappa shape index (κ3) is 7.33. The van der Waals surface area contributed by atoms with Crippen LogP contribution >= 0.6 is 0 Å². The Bertz CT molecular complexity index is 719. The SMILES string of the molecule is C[SiH](OC(O[SiH3])(O[SiH3])C(C(=O)O)=C(O[Si](C)(C)C)C(C)(C)C(C)(C)C(C)(C)O[SiH3])[Si](C)(C)C. The molecule has 0 spiro atoms. The van der Waals surface area contributed by atoms with Crippen molar-refractivity contribution in [1.29, 1.82) is 0 Å². The molecule has 0 bridgehead atoms. The molecule has 0 aliphatic rings. The van der Waals surface area contributed by atoms with Crippen LogP contribution in [0.3, 0.4) is 0 Å². The smallest absolute Gasteiger partial charge is 0.343 e. The van der Waals surface area contributed by atoms with Crippen molar-refractivity contribution in [3.05, 3.63) is 11.3 Å². The molecule has 0 radical (unpaired) electrons. The fourth-order valence-electron chi connectivity index (χ4n) is 3.31. The fourth-order valence-corrected chi connectivity index (χ4v) is 9.10. The van der Waals surface area contributed by atoms with Gasteiger partial charge in [0.25, 0.3) is 5.97 Å². The van der Waals surface area contributed by atoms with Crippen molar-refractivity contribution >= 4 is 61.9 Å². The highest BCUT2D eigenvalue weighted by molar-refractivity contribution is 7.28. The van der Waals surface area contributed by atoms with Crippen molar-refractivity contribution in [3.63, 3.8) is 0 Å². The average Bonchev–Trinajstić information content (AvgIpc) is 2.63. The maximum atomic E-state index is 13.0. The Hall–Kier alpha value is 0.151. The normalized spacial score (nSPS) is 18.1. The van der Waals surface area contributed by atoms with E-state index in [0.717, 1.165) is 0 Å². The van der Waals surface area contributed by atoms with Crippen LogP contribution in [0.25, 0.3) is 0 Å². The number of carboxylic acid groups (broad SMARTS) is 1. The van der Waals surface area contributed by atoms with Crippen LogP contribution in [0, 0.1) is 10.8 Å². The summed E-state index contributed by atoms with van der Waals surface area (Å²) in [7, 11) is -4.66. The Labute approximate surface area is 214 Å². The Balaban J connectivity index is 7.52. The highest BCUT2D eigenvalue weighted by Crippen LogP contribution is 2.54. The first-order valence-corrected chi connectivity index (χ1v) is 24.3. The zero-order valence-electron chi connectivity index (χ0n) is 24.0. The summed E-state index contributed by atoms with van der Waals surface area (Å²) in [6.07, 6.45) is 0. The maximum Gasteiger partial charge on any atom is 0.343 e. The van der Waals surface area contributed by atoms with Gasteiger partial charge in [-0.25, -0.2) is 4.79 Å². The summed E-state index contributed by atoms with van der Waals surface area (Å²) >= 11 is 0. The van der Waals surface area contributed by atoms with Crippen molar-refractivity contribution in [2.24, 2.45) is 10.8 Å². The van der Waals surface area contributed by atoms with Gasteiger partial charge in [0, 0.05) is 10.8 Å². The zero-order valence-corrected chi connectivity index (χ0v) is 33.1. The Morgan fingerprint density at radius 2 is 1.27 bits per heavy atom. The fraction of sp³-hybridized carbons (Fsp3) is 0.850. The van der Waals surface area contributed by atoms with Gasteiger partial charge in [-0.05, 0) is 33.5 Å². The van der Waals surface area contributed by atoms with E-state index in [9.17, 15) is 9.90 Å². The molecule has 0 aromatic carbocycles. The highest BCUT2D eigenvalue weighted by atomic mass is 29.2. The van der Waals surface area contributed by atoms with Crippen LogP contribution < -0.4 is 0 Å². The molecule has 7 nitrogen and oxygen atoms in total. The second kappa shape index (κ2) is 11.0. The molecular formula is C20H50O7Si6. The standard InChI is InChI=1S/C20H50O7Si6/c1-17(2,18(3,4)19(5,6)24-28)15(23-32(8,9)10)14(16(21)22)20(25-29,26-30)27-31(7)33(11,12)13/h31H,1-13,28-30H3,(H,21,22). The Morgan fingerprint density at radius 1 is 0.848 bits per heavy atom. The van der Waals surface area contributed by atoms with E-state index >= 15 is 0 Å². The number of rotatable bonds is 13. The van der Waals surface area contributed by atoms with E-state index in [1.807, 2.05) is 27.7 Å². The first-order valence-electron chi connectivity index (χ1n) is 11.5. The van der Waals surface area contributed by atoms with Crippen molar-refractivity contribution in [2.75, 3.05) is 0 Å². The third-order valence-corrected chi connectivity index (χ3v) is 21.1. The summed E-state index contributed by atoms with van der Waals surface area (Å²) in [4.78, 5) is 13.0. The van der Waals surface area contributed by atoms with Gasteiger partial charge in [-0.15, -0.1) is 0 Å². The largest absolute Gasteiger partial charge is 0.546 e. The van der Waals surface area contributed by atoms with Crippen LogP contribution in [0.2, 0.25) is 45.8 Å². The number of hydrogen-bond acceptors (Lipinski definition) is 6. The van der Waals surface area contributed by atoms with Gasteiger partial charge in [0.2, 0.25) is 8.32 Å². The summed E-state index contributed by atoms with van der Waals surface area (Å²) in [5, 5.41) is 10.6. The predicted molar refractivity (Wildman–Crippen MR) is 154 cm³/mol. The monoisotopic (exact) mass is 570 g/mol. The maximum absolute atomic E-state index is 13.0. The van der Waals surface area contributed by atoms with E-state index in [4.69, 9.17) is 22.1 Å². The molecule has 0 aliphatic heterocycles. The number of carbonyl (C=O) groups is 1. The minimum atomic E-state index is -2.25. The molecule has 0 saturated carbocycles. The molecule has 0 fully saturated rings. The molecule has 1 atom stereocenters. The summed E-state index contributed by atoms with van der Waals surface area (Å²) in [6.45, 7) is 27.3. The van der Waals surface area contributed by atoms with Gasteiger partial charge >= 0.3 is 5.97 Å². The van der Waals surface area contributed by atoms with Gasteiger partial charge in [0.1, 0.15) is 16.2 Å². The molecule has 1 N–H and O–H groups in total. The predicted octanol–water partition coefficient (Wildman–Crippen LogP) is 1.34. The van der Waals surface area contributed by atoms with E-state index in [1.54, 1.807) is 0 Å². The zero-order chi connectivity index (χ0) is 26.8. The summed E-state index contributed by atoms with van der Waals surface area (Å²) < 4.78 is 31.1. The van der Waals surface area contributed by atoms with Crippen molar-refractivity contribution in [3.8, 4) is 0 Å². The second-order valence-corrected chi connectivity index (χ2v) is 31.8. The molecule has 0 aliphatic carbocycles. The lowest BCUT2D eigenvalue weighted by molar-refractivity contribution is -0.227.